The van der Waals surface area contributed by atoms with Crippen molar-refractivity contribution in [2.24, 2.45) is 4.99 Å². The summed E-state index contributed by atoms with van der Waals surface area (Å²) in [6, 6.07) is 7.02. The van der Waals surface area contributed by atoms with Crippen LogP contribution >= 0.6 is 12.2 Å². The van der Waals surface area contributed by atoms with Gasteiger partial charge in [-0.2, -0.15) is 0 Å². The van der Waals surface area contributed by atoms with Crippen molar-refractivity contribution in [1.29, 1.82) is 0 Å². The van der Waals surface area contributed by atoms with Crippen LogP contribution in [0.1, 0.15) is 12.8 Å². The molecule has 138 valence electrons. The predicted octanol–water partition coefficient (Wildman–Crippen LogP) is 2.37. The number of amidine groups is 1. The Kier molecular flexibility index (Phi) is 5.72. The van der Waals surface area contributed by atoms with E-state index in [1.807, 2.05) is 16.7 Å². The van der Waals surface area contributed by atoms with Crippen molar-refractivity contribution in [2.45, 2.75) is 19.4 Å². The Hall–Kier alpha value is -2.61. The van der Waals surface area contributed by atoms with E-state index in [1.54, 1.807) is 20.3 Å². The number of ether oxygens (including phenoxy) is 2. The van der Waals surface area contributed by atoms with Crippen LogP contribution in [0.2, 0.25) is 0 Å². The van der Waals surface area contributed by atoms with Crippen molar-refractivity contribution in [1.82, 2.24) is 14.9 Å². The average Bonchev–Trinajstić information content (AvgIpc) is 3.16. The van der Waals surface area contributed by atoms with Crippen molar-refractivity contribution >= 4 is 18.1 Å². The topological polar surface area (TPSA) is 80.6 Å². The highest BCUT2D eigenvalue weighted by molar-refractivity contribution is 7.71. The molecule has 0 radical (unpaired) electrons. The smallest absolute Gasteiger partial charge is 0.252 e. The van der Waals surface area contributed by atoms with E-state index in [-0.39, 0.29) is 5.56 Å². The maximum atomic E-state index is 12.0. The highest BCUT2D eigenvalue weighted by Gasteiger charge is 2.13. The lowest BCUT2D eigenvalue weighted by atomic mass is 10.1. The van der Waals surface area contributed by atoms with Crippen LogP contribution in [-0.4, -0.2) is 42.7 Å². The monoisotopic (exact) mass is 374 g/mol. The molecule has 2 heterocycles. The average molecular weight is 374 g/mol. The van der Waals surface area contributed by atoms with Gasteiger partial charge in [0.1, 0.15) is 11.5 Å². The van der Waals surface area contributed by atoms with Crippen LogP contribution in [0.25, 0.3) is 11.3 Å². The summed E-state index contributed by atoms with van der Waals surface area (Å²) >= 11 is 5.39. The Bertz CT molecular complexity index is 933. The second-order valence-corrected chi connectivity index (χ2v) is 6.29. The number of nitrogens with zero attached hydrogens (tertiary/aromatic N) is 2. The van der Waals surface area contributed by atoms with E-state index < -0.39 is 0 Å². The molecule has 0 fully saturated rings. The molecule has 26 heavy (non-hydrogen) atoms. The Morgan fingerprint density at radius 3 is 2.85 bits per heavy atom. The fraction of sp³-hybridized carbons (Fsp3) is 0.389. The SMILES string of the molecule is COc1ccc(-c2cc(=O)[nH]c(=S)n2CCNC2=NCCC2)c(OC)c1. The van der Waals surface area contributed by atoms with E-state index >= 15 is 0 Å². The van der Waals surface area contributed by atoms with E-state index in [4.69, 9.17) is 21.7 Å². The molecule has 0 atom stereocenters. The first-order chi connectivity index (χ1) is 12.6. The molecule has 3 rings (SSSR count). The zero-order valence-corrected chi connectivity index (χ0v) is 15.7. The second kappa shape index (κ2) is 8.18. The van der Waals surface area contributed by atoms with E-state index in [0.717, 1.165) is 30.8 Å². The number of hydrogen-bond acceptors (Lipinski definition) is 6. The normalized spacial score (nSPS) is 13.4. The molecule has 0 aliphatic carbocycles. The van der Waals surface area contributed by atoms with Crippen molar-refractivity contribution in [3.05, 3.63) is 39.4 Å². The third kappa shape index (κ3) is 3.96. The summed E-state index contributed by atoms with van der Waals surface area (Å²) in [7, 11) is 3.19. The minimum atomic E-state index is -0.243. The number of H-pyrrole nitrogens is 1. The van der Waals surface area contributed by atoms with Crippen LogP contribution in [0, 0.1) is 4.77 Å². The zero-order valence-electron chi connectivity index (χ0n) is 14.9. The van der Waals surface area contributed by atoms with Crippen molar-refractivity contribution in [3.63, 3.8) is 0 Å². The van der Waals surface area contributed by atoms with E-state index in [9.17, 15) is 4.79 Å². The fourth-order valence-corrected chi connectivity index (χ4v) is 3.26. The number of methoxy groups -OCH3 is 2. The molecule has 0 unspecified atom stereocenters. The van der Waals surface area contributed by atoms with Crippen LogP contribution in [0.15, 0.2) is 34.1 Å². The summed E-state index contributed by atoms with van der Waals surface area (Å²) in [6.07, 6.45) is 2.07. The second-order valence-electron chi connectivity index (χ2n) is 5.90. The van der Waals surface area contributed by atoms with Gasteiger partial charge in [-0.1, -0.05) is 0 Å². The van der Waals surface area contributed by atoms with Gasteiger partial charge in [-0.05, 0) is 30.8 Å². The summed E-state index contributed by atoms with van der Waals surface area (Å²) in [5.41, 5.74) is 1.24. The Labute approximate surface area is 156 Å². The lowest BCUT2D eigenvalue weighted by Crippen LogP contribution is -2.27. The molecule has 1 aromatic carbocycles. The van der Waals surface area contributed by atoms with Crippen molar-refractivity contribution < 1.29 is 9.47 Å². The largest absolute Gasteiger partial charge is 0.497 e. The van der Waals surface area contributed by atoms with Gasteiger partial charge in [-0.15, -0.1) is 0 Å². The lowest BCUT2D eigenvalue weighted by Gasteiger charge is -2.17. The first-order valence-corrected chi connectivity index (χ1v) is 8.87. The van der Waals surface area contributed by atoms with Crippen LogP contribution in [0.4, 0.5) is 0 Å². The van der Waals surface area contributed by atoms with Gasteiger partial charge in [-0.25, -0.2) is 0 Å². The number of rotatable bonds is 6. The number of benzene rings is 1. The molecule has 0 amide bonds. The van der Waals surface area contributed by atoms with Crippen LogP contribution in [0.3, 0.4) is 0 Å². The molecule has 8 heteroatoms. The molecule has 0 bridgehead atoms. The first-order valence-electron chi connectivity index (χ1n) is 8.46. The van der Waals surface area contributed by atoms with Gasteiger partial charge in [0.05, 0.1) is 25.7 Å². The molecule has 0 saturated heterocycles. The lowest BCUT2D eigenvalue weighted by molar-refractivity contribution is 0.395. The third-order valence-corrected chi connectivity index (χ3v) is 4.58. The highest BCUT2D eigenvalue weighted by atomic mass is 32.1. The quantitative estimate of drug-likeness (QED) is 0.759. The molecular formula is C18H22N4O3S. The van der Waals surface area contributed by atoms with Gasteiger partial charge in [0.15, 0.2) is 4.77 Å². The predicted molar refractivity (Wildman–Crippen MR) is 104 cm³/mol. The minimum absolute atomic E-state index is 0.243. The third-order valence-electron chi connectivity index (χ3n) is 4.26. The van der Waals surface area contributed by atoms with E-state index in [2.05, 4.69) is 15.3 Å². The van der Waals surface area contributed by atoms with Crippen LogP contribution in [0.5, 0.6) is 11.5 Å². The Morgan fingerprint density at radius 1 is 1.31 bits per heavy atom. The number of aromatic nitrogens is 2. The molecule has 2 aromatic rings. The molecule has 0 saturated carbocycles. The van der Waals surface area contributed by atoms with Gasteiger partial charge in [0.2, 0.25) is 0 Å². The standard InChI is InChI=1S/C18H22N4O3S/c1-24-12-5-6-13(15(10-12)25-2)14-11-17(23)21-18(26)22(14)9-8-20-16-4-3-7-19-16/h5-6,10-11H,3-4,7-9H2,1-2H3,(H,19,20)(H,21,23,26). The van der Waals surface area contributed by atoms with Crippen molar-refractivity contribution in [2.75, 3.05) is 27.3 Å². The summed E-state index contributed by atoms with van der Waals surface area (Å²) < 4.78 is 13.0. The highest BCUT2D eigenvalue weighted by Crippen LogP contribution is 2.32. The van der Waals surface area contributed by atoms with Gasteiger partial charge >= 0.3 is 0 Å². The summed E-state index contributed by atoms with van der Waals surface area (Å²) in [4.78, 5) is 19.1. The van der Waals surface area contributed by atoms with E-state index in [1.165, 1.54) is 6.07 Å². The maximum absolute atomic E-state index is 12.0. The first kappa shape index (κ1) is 18.2. The fourth-order valence-electron chi connectivity index (χ4n) is 2.97. The van der Waals surface area contributed by atoms with Gasteiger partial charge < -0.3 is 19.4 Å². The summed E-state index contributed by atoms with van der Waals surface area (Å²) in [6.45, 7) is 2.15. The molecule has 1 aliphatic heterocycles. The number of hydrogen-bond donors (Lipinski definition) is 2. The van der Waals surface area contributed by atoms with Gasteiger partial charge in [-0.3, -0.25) is 14.8 Å². The molecule has 1 aromatic heterocycles. The molecule has 1 aliphatic rings. The van der Waals surface area contributed by atoms with Crippen LogP contribution < -0.4 is 20.3 Å². The number of aliphatic imine (C=N–C) groups is 1. The molecular weight excluding hydrogens is 352 g/mol. The summed E-state index contributed by atoms with van der Waals surface area (Å²) in [5.74, 6) is 2.33. The Morgan fingerprint density at radius 2 is 2.15 bits per heavy atom. The summed E-state index contributed by atoms with van der Waals surface area (Å²) in [5, 5.41) is 3.34. The van der Waals surface area contributed by atoms with Crippen LogP contribution in [-0.2, 0) is 6.54 Å². The Balaban J connectivity index is 1.95. The number of aromatic amines is 1. The van der Waals surface area contributed by atoms with Gasteiger partial charge in [0.25, 0.3) is 5.56 Å². The van der Waals surface area contributed by atoms with Crippen molar-refractivity contribution in [3.8, 4) is 22.8 Å². The molecule has 7 nitrogen and oxygen atoms in total. The van der Waals surface area contributed by atoms with E-state index in [0.29, 0.717) is 35.1 Å². The zero-order chi connectivity index (χ0) is 18.5. The number of nitrogens with one attached hydrogen (secondary N) is 2. The van der Waals surface area contributed by atoms with Gasteiger partial charge in [0, 0.05) is 43.8 Å². The molecule has 0 spiro atoms. The molecule has 2 N–H and O–H groups in total. The maximum Gasteiger partial charge on any atom is 0.252 e. The minimum Gasteiger partial charge on any atom is -0.497 e.